The van der Waals surface area contributed by atoms with Crippen LogP contribution in [-0.2, 0) is 13.6 Å². The standard InChI is InChI=1S/C29H44N7O3Si2/c1-28(2,3)40(7,8)37-17-23-22(39-41(9,10)29(4,5)6)15-24(38-23)35-19-32-25-26(35)30-18-31-27(25)36-16-21(33-34-36)20-13-11-12-14-20/h11-14,16,18-19,22-24H,15,17H2,1-10H3/t22-,23+,24+/m0/s1. The predicted octanol–water partition coefficient (Wildman–Crippen LogP) is 5.86. The van der Waals surface area contributed by atoms with Crippen molar-refractivity contribution in [3.8, 4) is 5.82 Å². The summed E-state index contributed by atoms with van der Waals surface area (Å²) < 4.78 is 24.0. The second kappa shape index (κ2) is 10.9. The van der Waals surface area contributed by atoms with E-state index in [-0.39, 0.29) is 28.5 Å². The van der Waals surface area contributed by atoms with E-state index >= 15 is 0 Å². The molecule has 10 nitrogen and oxygen atoms in total. The van der Waals surface area contributed by atoms with E-state index in [2.05, 4.69) is 88.0 Å². The minimum absolute atomic E-state index is 0.0821. The molecule has 221 valence electrons. The Labute approximate surface area is 246 Å². The lowest BCUT2D eigenvalue weighted by Crippen LogP contribution is -2.48. The first-order valence-corrected chi connectivity index (χ1v) is 20.2. The molecular weight excluding hydrogens is 551 g/mol. The molecular formula is C29H44N7O3Si2. The Balaban J connectivity index is 1.42. The van der Waals surface area contributed by atoms with Crippen LogP contribution < -0.4 is 0 Å². The van der Waals surface area contributed by atoms with Gasteiger partial charge in [-0.25, -0.2) is 15.0 Å². The van der Waals surface area contributed by atoms with Crippen molar-refractivity contribution in [3.63, 3.8) is 0 Å². The van der Waals surface area contributed by atoms with Crippen LogP contribution in [0, 0.1) is 31.6 Å². The molecule has 2 fully saturated rings. The van der Waals surface area contributed by atoms with Gasteiger partial charge in [-0.1, -0.05) is 46.8 Å². The SMILES string of the molecule is CC(C)(C)[Si](C)(C)OC[C@H]1O[C@@H](n2cnc3c(-n4cc([C]5[CH][CH][CH][CH]5)nn4)ncnc32)C[C@@H]1O[Si](C)(C)C(C)(C)C. The zero-order valence-electron chi connectivity index (χ0n) is 26.0. The fourth-order valence-corrected chi connectivity index (χ4v) is 6.84. The maximum absolute atomic E-state index is 6.96. The molecule has 3 atom stereocenters. The molecule has 1 saturated carbocycles. The normalized spacial score (nSPS) is 23.2. The number of ether oxygens (including phenoxy) is 1. The average molecular weight is 595 g/mol. The number of imidazole rings is 1. The third-order valence-corrected chi connectivity index (χ3v) is 18.2. The molecule has 5 rings (SSSR count). The van der Waals surface area contributed by atoms with Crippen LogP contribution in [0.15, 0.2) is 18.9 Å². The number of hydrogen-bond donors (Lipinski definition) is 0. The van der Waals surface area contributed by atoms with Gasteiger partial charge >= 0.3 is 0 Å². The Hall–Kier alpha value is -2.00. The van der Waals surface area contributed by atoms with Crippen LogP contribution in [0.4, 0.5) is 0 Å². The van der Waals surface area contributed by atoms with Gasteiger partial charge in [0, 0.05) is 12.3 Å². The molecule has 0 bridgehead atoms. The van der Waals surface area contributed by atoms with Crippen LogP contribution in [-0.4, -0.2) is 70.0 Å². The van der Waals surface area contributed by atoms with E-state index in [9.17, 15) is 0 Å². The van der Waals surface area contributed by atoms with Crippen molar-refractivity contribution >= 4 is 27.8 Å². The van der Waals surface area contributed by atoms with Crippen molar-refractivity contribution in [2.75, 3.05) is 6.61 Å². The Morgan fingerprint density at radius 1 is 0.951 bits per heavy atom. The molecule has 0 amide bonds. The van der Waals surface area contributed by atoms with Gasteiger partial charge in [-0.3, -0.25) is 4.57 Å². The van der Waals surface area contributed by atoms with E-state index in [0.29, 0.717) is 30.0 Å². The van der Waals surface area contributed by atoms with Crippen LogP contribution in [0.5, 0.6) is 0 Å². The summed E-state index contributed by atoms with van der Waals surface area (Å²) in [6.45, 7) is 23.2. The summed E-state index contributed by atoms with van der Waals surface area (Å²) in [6, 6.07) is 0. The van der Waals surface area contributed by atoms with E-state index in [0.717, 1.165) is 11.6 Å². The van der Waals surface area contributed by atoms with Crippen LogP contribution in [0.1, 0.15) is 59.9 Å². The van der Waals surface area contributed by atoms with Crippen LogP contribution in [0.2, 0.25) is 36.3 Å². The molecule has 0 N–H and O–H groups in total. The first-order chi connectivity index (χ1) is 19.1. The summed E-state index contributed by atoms with van der Waals surface area (Å²) in [5, 5.41) is 8.84. The fourth-order valence-electron chi connectivity index (χ4n) is 4.47. The highest BCUT2D eigenvalue weighted by Crippen LogP contribution is 2.43. The summed E-state index contributed by atoms with van der Waals surface area (Å²) in [4.78, 5) is 13.8. The van der Waals surface area contributed by atoms with Crippen molar-refractivity contribution < 1.29 is 13.6 Å². The minimum Gasteiger partial charge on any atom is -0.414 e. The second-order valence-corrected chi connectivity index (χ2v) is 23.7. The number of aromatic nitrogens is 7. The van der Waals surface area contributed by atoms with Gasteiger partial charge in [-0.2, -0.15) is 4.68 Å². The highest BCUT2D eigenvalue weighted by Gasteiger charge is 2.47. The van der Waals surface area contributed by atoms with Gasteiger partial charge in [-0.05, 0) is 61.9 Å². The summed E-state index contributed by atoms with van der Waals surface area (Å²) in [6.07, 6.45) is 13.3. The van der Waals surface area contributed by atoms with E-state index in [1.54, 1.807) is 11.0 Å². The zero-order valence-corrected chi connectivity index (χ0v) is 28.0. The maximum atomic E-state index is 6.96. The Bertz CT molecular complexity index is 1350. The molecule has 12 heteroatoms. The lowest BCUT2D eigenvalue weighted by molar-refractivity contribution is -0.0383. The van der Waals surface area contributed by atoms with Crippen molar-refractivity contribution in [3.05, 3.63) is 56.1 Å². The maximum Gasteiger partial charge on any atom is 0.192 e. The highest BCUT2D eigenvalue weighted by atomic mass is 28.4. The smallest absolute Gasteiger partial charge is 0.192 e. The Morgan fingerprint density at radius 2 is 1.63 bits per heavy atom. The van der Waals surface area contributed by atoms with Crippen LogP contribution >= 0.6 is 0 Å². The lowest BCUT2D eigenvalue weighted by atomic mass is 10.1. The summed E-state index contributed by atoms with van der Waals surface area (Å²) in [5.74, 6) is 1.58. The monoisotopic (exact) mass is 594 g/mol. The predicted molar refractivity (Wildman–Crippen MR) is 164 cm³/mol. The van der Waals surface area contributed by atoms with Crippen LogP contribution in [0.25, 0.3) is 17.0 Å². The topological polar surface area (TPSA) is 102 Å². The average Bonchev–Trinajstić information content (AvgIpc) is 3.67. The van der Waals surface area contributed by atoms with Gasteiger partial charge in [0.2, 0.25) is 0 Å². The zero-order chi connectivity index (χ0) is 29.8. The summed E-state index contributed by atoms with van der Waals surface area (Å²) in [5.41, 5.74) is 2.09. The first-order valence-electron chi connectivity index (χ1n) is 14.4. The minimum atomic E-state index is -2.06. The summed E-state index contributed by atoms with van der Waals surface area (Å²) in [7, 11) is -4.03. The molecule has 1 aliphatic heterocycles. The highest BCUT2D eigenvalue weighted by molar-refractivity contribution is 6.74. The molecule has 1 saturated heterocycles. The summed E-state index contributed by atoms with van der Waals surface area (Å²) >= 11 is 0. The van der Waals surface area contributed by atoms with E-state index in [1.165, 1.54) is 6.33 Å². The van der Waals surface area contributed by atoms with Crippen LogP contribution in [0.3, 0.4) is 0 Å². The molecule has 4 heterocycles. The van der Waals surface area contributed by atoms with Crippen molar-refractivity contribution in [2.24, 2.45) is 0 Å². The fraction of sp³-hybridized carbons (Fsp3) is 0.586. The third kappa shape index (κ3) is 6.08. The number of rotatable bonds is 8. The Morgan fingerprint density at radius 3 is 2.29 bits per heavy atom. The quantitative estimate of drug-likeness (QED) is 0.299. The first kappa shape index (κ1) is 30.5. The number of nitrogens with zero attached hydrogens (tertiary/aromatic N) is 7. The molecule has 3 aromatic heterocycles. The van der Waals surface area contributed by atoms with E-state index in [1.807, 2.05) is 36.4 Å². The number of hydrogen-bond acceptors (Lipinski definition) is 8. The van der Waals surface area contributed by atoms with Gasteiger partial charge in [0.15, 0.2) is 33.6 Å². The largest absolute Gasteiger partial charge is 0.414 e. The van der Waals surface area contributed by atoms with E-state index < -0.39 is 16.6 Å². The molecule has 0 aromatic carbocycles. The van der Waals surface area contributed by atoms with Gasteiger partial charge in [0.1, 0.15) is 18.7 Å². The van der Waals surface area contributed by atoms with Gasteiger partial charge in [0.25, 0.3) is 0 Å². The van der Waals surface area contributed by atoms with E-state index in [4.69, 9.17) is 18.6 Å². The molecule has 0 spiro atoms. The van der Waals surface area contributed by atoms with Crippen molar-refractivity contribution in [2.45, 2.75) is 103 Å². The second-order valence-electron chi connectivity index (χ2n) is 14.1. The van der Waals surface area contributed by atoms with Gasteiger partial charge < -0.3 is 13.6 Å². The molecule has 5 radical (unpaired) electrons. The molecule has 0 unspecified atom stereocenters. The Kier molecular flexibility index (Phi) is 8.12. The van der Waals surface area contributed by atoms with Gasteiger partial charge in [0.05, 0.1) is 30.9 Å². The van der Waals surface area contributed by atoms with Crippen molar-refractivity contribution in [1.29, 1.82) is 0 Å². The molecule has 3 aromatic rings. The third-order valence-electron chi connectivity index (χ3n) is 9.17. The molecule has 41 heavy (non-hydrogen) atoms. The van der Waals surface area contributed by atoms with Crippen molar-refractivity contribution in [1.82, 2.24) is 34.5 Å². The number of fused-ring (bicyclic) bond motifs is 1. The molecule has 2 aliphatic rings. The molecule has 1 aliphatic carbocycles. The lowest BCUT2D eigenvalue weighted by Gasteiger charge is -2.40. The van der Waals surface area contributed by atoms with Gasteiger partial charge in [-0.15, -0.1) is 5.10 Å².